The van der Waals surface area contributed by atoms with Crippen LogP contribution in [0.1, 0.15) is 243 Å². The van der Waals surface area contributed by atoms with E-state index in [0.717, 1.165) is 71.0 Å². The number of aromatic nitrogens is 2. The third-order valence-corrected chi connectivity index (χ3v) is 20.6. The van der Waals surface area contributed by atoms with Gasteiger partial charge in [-0.3, -0.25) is 9.48 Å². The minimum atomic E-state index is -1.07. The van der Waals surface area contributed by atoms with Gasteiger partial charge in [0.2, 0.25) is 5.91 Å². The number of carbonyl (C=O) groups is 1. The molecule has 8 aromatic rings. The number of unbranched alkanes of at least 4 members (excludes halogenated alkanes) is 24. The van der Waals surface area contributed by atoms with Gasteiger partial charge in [-0.15, -0.1) is 0 Å². The first-order valence-corrected chi connectivity index (χ1v) is 41.0. The van der Waals surface area contributed by atoms with Gasteiger partial charge in [-0.2, -0.15) is 5.10 Å². The summed E-state index contributed by atoms with van der Waals surface area (Å²) in [4.78, 5) is 15.1. The number of benzene rings is 7. The number of rotatable bonds is 57. The van der Waals surface area contributed by atoms with Gasteiger partial charge in [0.25, 0.3) is 0 Å². The van der Waals surface area contributed by atoms with Gasteiger partial charge in [0.05, 0.1) is 65.1 Å². The molecule has 2 heterocycles. The molecule has 106 heavy (non-hydrogen) atoms. The highest BCUT2D eigenvalue weighted by Crippen LogP contribution is 2.35. The number of hydrogen-bond acceptors (Lipinski definition) is 10. The van der Waals surface area contributed by atoms with Crippen molar-refractivity contribution in [2.45, 2.75) is 295 Å². The highest BCUT2D eigenvalue weighted by molar-refractivity contribution is 5.76. The molecule has 0 bridgehead atoms. The van der Waals surface area contributed by atoms with Crippen molar-refractivity contribution in [3.05, 3.63) is 269 Å². The maximum absolute atomic E-state index is 15.1. The first-order valence-electron chi connectivity index (χ1n) is 41.0. The Morgan fingerprint density at radius 2 is 0.792 bits per heavy atom. The molecule has 8 atom stereocenters. The Kier molecular flexibility index (Phi) is 40.1. The number of nitrogens with zero attached hydrogens (tertiary/aromatic N) is 2. The van der Waals surface area contributed by atoms with E-state index in [1.165, 1.54) is 159 Å². The largest absolute Gasteiger partial charge is 0.374 e. The van der Waals surface area contributed by atoms with E-state index >= 15 is 4.79 Å². The quantitative estimate of drug-likeness (QED) is 0.0369. The Morgan fingerprint density at radius 3 is 1.25 bits per heavy atom. The van der Waals surface area contributed by atoms with E-state index in [-0.39, 0.29) is 52.2 Å². The standard InChI is InChI=1S/C94H127N3O9/c1-3-5-7-8-9-10-11-12-13-14-15-16-17-18-19-20-21-22-23-24-25-26-46-60-88(98)96-86(90(101-71-81-52-38-29-39-53-81)89(100-70-80-50-36-28-37-51-80)85-67-95-97(68-85)66-65-78-63-61-77(62-64-78)47-33-6-4-2)75-105-94-93(104-74-84-58-44-32-45-59-84)92(103-73-83-56-42-31-43-57-83)91(102-72-82-54-40-30-41-55-82)87(106-94)76-99-69-79-48-34-27-35-49-79/h27-32,34-45,48-59,61-64,67-68,86-87,89-94H,3-26,33,46-47,60,65-66,69-76H2,1-2H3,(H,96,98)/t86-,87+,89+,90-,91-,92-,93+,94-/m0/s1. The molecular formula is C94H127N3O9. The van der Waals surface area contributed by atoms with E-state index in [1.54, 1.807) is 0 Å². The van der Waals surface area contributed by atoms with Crippen molar-refractivity contribution in [2.75, 3.05) is 13.2 Å². The molecule has 0 aliphatic carbocycles. The topological polar surface area (TPSA) is 121 Å². The van der Waals surface area contributed by atoms with Crippen molar-refractivity contribution < 1.29 is 42.7 Å². The van der Waals surface area contributed by atoms with Gasteiger partial charge in [0.15, 0.2) is 6.29 Å². The summed E-state index contributed by atoms with van der Waals surface area (Å²) < 4.78 is 59.3. The fourth-order valence-electron chi connectivity index (χ4n) is 14.3. The van der Waals surface area contributed by atoms with E-state index in [0.29, 0.717) is 19.6 Å². The summed E-state index contributed by atoms with van der Waals surface area (Å²) in [7, 11) is 0. The van der Waals surface area contributed by atoms with Gasteiger partial charge in [0.1, 0.15) is 36.6 Å². The van der Waals surface area contributed by atoms with Crippen molar-refractivity contribution in [1.82, 2.24) is 15.1 Å². The summed E-state index contributed by atoms with van der Waals surface area (Å²) in [6.45, 7) is 6.91. The zero-order valence-electron chi connectivity index (χ0n) is 64.3. The number of nitrogens with one attached hydrogen (secondary N) is 1. The van der Waals surface area contributed by atoms with E-state index in [9.17, 15) is 0 Å². The summed E-state index contributed by atoms with van der Waals surface area (Å²) in [5, 5.41) is 8.57. The SMILES string of the molecule is CCCCCCCCCCCCCCCCCCCCCCCCCC(=O)N[C@@H](CO[C@H]1O[C@H](COCc2ccccc2)[C@H](OCc2ccccc2)[C@H](OCc2ccccc2)[C@H]1OCc1ccccc1)[C@H](OCc1ccccc1)[C@H](OCc1ccccc1)c1cnn(CCc2ccc(CCCCC)cc2)c1. The van der Waals surface area contributed by atoms with Gasteiger partial charge < -0.3 is 43.2 Å². The summed E-state index contributed by atoms with van der Waals surface area (Å²) in [6.07, 6.45) is 34.4. The second-order valence-electron chi connectivity index (χ2n) is 29.4. The van der Waals surface area contributed by atoms with Crippen molar-refractivity contribution in [2.24, 2.45) is 0 Å². The van der Waals surface area contributed by atoms with Crippen LogP contribution in [0.3, 0.4) is 0 Å². The molecule has 0 radical (unpaired) electrons. The maximum Gasteiger partial charge on any atom is 0.220 e. The number of carbonyl (C=O) groups excluding carboxylic acids is 1. The Labute approximate surface area is 637 Å². The second kappa shape index (κ2) is 51.3. The van der Waals surface area contributed by atoms with Gasteiger partial charge in [-0.25, -0.2) is 0 Å². The number of aryl methyl sites for hydroxylation is 3. The molecule has 1 amide bonds. The molecule has 9 rings (SSSR count). The molecule has 1 aliphatic rings. The third kappa shape index (κ3) is 32.0. The van der Waals surface area contributed by atoms with Crippen LogP contribution >= 0.6 is 0 Å². The number of ether oxygens (including phenoxy) is 8. The van der Waals surface area contributed by atoms with Crippen LogP contribution in [-0.2, 0) is 102 Å². The van der Waals surface area contributed by atoms with Crippen LogP contribution in [0.25, 0.3) is 0 Å². The number of amides is 1. The Morgan fingerprint density at radius 1 is 0.406 bits per heavy atom. The number of hydrogen-bond donors (Lipinski definition) is 1. The van der Waals surface area contributed by atoms with Crippen LogP contribution in [0.5, 0.6) is 0 Å². The lowest BCUT2D eigenvalue weighted by Crippen LogP contribution is -2.62. The fourth-order valence-corrected chi connectivity index (χ4v) is 14.3. The molecule has 1 aromatic heterocycles. The van der Waals surface area contributed by atoms with Crippen molar-refractivity contribution >= 4 is 5.91 Å². The summed E-state index contributed by atoms with van der Waals surface area (Å²) in [5.74, 6) is -0.0913. The molecule has 0 unspecified atom stereocenters. The van der Waals surface area contributed by atoms with E-state index < -0.39 is 49.0 Å². The normalized spacial score (nSPS) is 16.8. The van der Waals surface area contributed by atoms with Gasteiger partial charge in [0, 0.05) is 24.7 Å². The minimum absolute atomic E-state index is 0.0627. The Balaban J connectivity index is 0.951. The summed E-state index contributed by atoms with van der Waals surface area (Å²) in [6, 6.07) is 69.3. The zero-order valence-corrected chi connectivity index (χ0v) is 64.3. The van der Waals surface area contributed by atoms with Gasteiger partial charge in [-0.05, 0) is 70.2 Å². The molecule has 1 fully saturated rings. The molecule has 0 spiro atoms. The van der Waals surface area contributed by atoms with Crippen LogP contribution in [0.15, 0.2) is 219 Å². The van der Waals surface area contributed by atoms with Crippen molar-refractivity contribution in [1.29, 1.82) is 0 Å². The molecule has 0 saturated carbocycles. The lowest BCUT2D eigenvalue weighted by Gasteiger charge is -2.46. The minimum Gasteiger partial charge on any atom is -0.374 e. The smallest absolute Gasteiger partial charge is 0.220 e. The highest BCUT2D eigenvalue weighted by atomic mass is 16.7. The molecule has 572 valence electrons. The zero-order chi connectivity index (χ0) is 73.4. The molecule has 1 saturated heterocycles. The monoisotopic (exact) mass is 1440 g/mol. The van der Waals surface area contributed by atoms with Crippen LogP contribution in [0, 0.1) is 0 Å². The lowest BCUT2D eigenvalue weighted by atomic mass is 9.97. The Hall–Kier alpha value is -7.10. The Bertz CT molecular complexity index is 3460. The lowest BCUT2D eigenvalue weighted by molar-refractivity contribution is -0.330. The molecular weight excluding hydrogens is 1320 g/mol. The van der Waals surface area contributed by atoms with Crippen molar-refractivity contribution in [3.8, 4) is 0 Å². The first kappa shape index (κ1) is 82.9. The van der Waals surface area contributed by atoms with Crippen molar-refractivity contribution in [3.63, 3.8) is 0 Å². The third-order valence-electron chi connectivity index (χ3n) is 20.6. The van der Waals surface area contributed by atoms with Gasteiger partial charge in [-0.1, -0.05) is 374 Å². The summed E-state index contributed by atoms with van der Waals surface area (Å²) >= 11 is 0. The van der Waals surface area contributed by atoms with E-state index in [2.05, 4.69) is 122 Å². The van der Waals surface area contributed by atoms with E-state index in [1.807, 2.05) is 120 Å². The predicted molar refractivity (Wildman–Crippen MR) is 429 cm³/mol. The van der Waals surface area contributed by atoms with Gasteiger partial charge >= 0.3 is 0 Å². The molecule has 7 aromatic carbocycles. The molecule has 1 aliphatic heterocycles. The van der Waals surface area contributed by atoms with Crippen LogP contribution in [0.2, 0.25) is 0 Å². The average Bonchev–Trinajstić information content (AvgIpc) is 1.07. The molecule has 1 N–H and O–H groups in total. The first-order chi connectivity index (χ1) is 52.5. The molecule has 12 nitrogen and oxygen atoms in total. The van der Waals surface area contributed by atoms with Crippen LogP contribution in [-0.4, -0.2) is 71.8 Å². The second-order valence-corrected chi connectivity index (χ2v) is 29.4. The highest BCUT2D eigenvalue weighted by Gasteiger charge is 2.50. The molecule has 12 heteroatoms. The average molecular weight is 1440 g/mol. The van der Waals surface area contributed by atoms with Crippen LogP contribution in [0.4, 0.5) is 0 Å². The summed E-state index contributed by atoms with van der Waals surface area (Å²) in [5.41, 5.74) is 9.40. The fraction of sp³-hybridized carbons (Fsp3) is 0.511. The van der Waals surface area contributed by atoms with Crippen LogP contribution < -0.4 is 5.32 Å². The maximum atomic E-state index is 15.1. The predicted octanol–water partition coefficient (Wildman–Crippen LogP) is 22.3. The van der Waals surface area contributed by atoms with E-state index in [4.69, 9.17) is 43.0 Å².